The summed E-state index contributed by atoms with van der Waals surface area (Å²) in [5, 5.41) is 8.74. The fraction of sp³-hybridized carbons (Fsp3) is 0.952. The van der Waals surface area contributed by atoms with Crippen LogP contribution in [-0.2, 0) is 9.05 Å². The van der Waals surface area contributed by atoms with Crippen molar-refractivity contribution in [1.29, 1.82) is 5.26 Å². The highest BCUT2D eigenvalue weighted by Gasteiger charge is 2.26. The summed E-state index contributed by atoms with van der Waals surface area (Å²) < 4.78 is 14.3. The predicted octanol–water partition coefficient (Wildman–Crippen LogP) is 7.20. The van der Waals surface area contributed by atoms with Crippen molar-refractivity contribution in [2.75, 3.05) is 13.2 Å². The van der Waals surface area contributed by atoms with E-state index in [0.29, 0.717) is 25.1 Å². The van der Waals surface area contributed by atoms with Crippen LogP contribution in [0.25, 0.3) is 0 Å². The molecule has 1 unspecified atom stereocenters. The van der Waals surface area contributed by atoms with Crippen molar-refractivity contribution in [2.45, 2.75) is 117 Å². The normalized spacial score (nSPS) is 12.9. The predicted molar refractivity (Wildman–Crippen MR) is 113 cm³/mol. The van der Waals surface area contributed by atoms with Crippen LogP contribution in [0.1, 0.15) is 105 Å². The molecule has 0 saturated carbocycles. The van der Waals surface area contributed by atoms with Gasteiger partial charge in [-0.25, -0.2) is 4.67 Å². The van der Waals surface area contributed by atoms with E-state index in [1.165, 1.54) is 57.8 Å². The van der Waals surface area contributed by atoms with E-state index in [-0.39, 0.29) is 0 Å². The van der Waals surface area contributed by atoms with Crippen LogP contribution >= 0.6 is 8.53 Å². The molecule has 0 rings (SSSR count). The van der Waals surface area contributed by atoms with Crippen molar-refractivity contribution in [3.63, 3.8) is 0 Å². The number of hydrogen-bond donors (Lipinski definition) is 0. The summed E-state index contributed by atoms with van der Waals surface area (Å²) in [5.41, 5.74) is 0. The van der Waals surface area contributed by atoms with Crippen LogP contribution in [0.5, 0.6) is 0 Å². The Labute approximate surface area is 164 Å². The molecule has 0 aliphatic heterocycles. The van der Waals surface area contributed by atoms with Crippen LogP contribution in [0.3, 0.4) is 0 Å². The average molecular weight is 387 g/mol. The van der Waals surface area contributed by atoms with Gasteiger partial charge in [0.2, 0.25) is 0 Å². The highest BCUT2D eigenvalue weighted by molar-refractivity contribution is 7.44. The molecule has 26 heavy (non-hydrogen) atoms. The van der Waals surface area contributed by atoms with Crippen molar-refractivity contribution in [1.82, 2.24) is 4.67 Å². The minimum atomic E-state index is -1.07. The molecule has 4 nitrogen and oxygen atoms in total. The third-order valence-electron chi connectivity index (χ3n) is 4.36. The standard InChI is InChI=1S/C21H43N2O2P/c1-6-7-8-9-10-11-12-13-14-15-18-24-26(25-19-16-17-22)23(20(2)3)21(4)5/h20-21H,6-16,18-19H2,1-5H3. The summed E-state index contributed by atoms with van der Waals surface area (Å²) in [6.45, 7) is 12.2. The number of rotatable bonds is 18. The maximum atomic E-state index is 8.74. The molecule has 0 bridgehead atoms. The molecule has 0 aromatic carbocycles. The van der Waals surface area contributed by atoms with E-state index in [2.05, 4.69) is 45.4 Å². The zero-order valence-corrected chi connectivity index (χ0v) is 18.9. The summed E-state index contributed by atoms with van der Waals surface area (Å²) in [6, 6.07) is 2.89. The molecule has 0 saturated heterocycles. The molecule has 0 heterocycles. The van der Waals surface area contributed by atoms with Crippen LogP contribution in [0, 0.1) is 11.3 Å². The first-order chi connectivity index (χ1) is 12.5. The molecule has 5 heteroatoms. The van der Waals surface area contributed by atoms with Crippen molar-refractivity contribution in [2.24, 2.45) is 0 Å². The van der Waals surface area contributed by atoms with Gasteiger partial charge in [-0.3, -0.25) is 0 Å². The summed E-state index contributed by atoms with van der Waals surface area (Å²) in [4.78, 5) is 0. The maximum absolute atomic E-state index is 8.74. The summed E-state index contributed by atoms with van der Waals surface area (Å²) in [6.07, 6.45) is 13.7. The van der Waals surface area contributed by atoms with E-state index in [4.69, 9.17) is 14.3 Å². The van der Waals surface area contributed by atoms with Gasteiger partial charge in [0.1, 0.15) is 0 Å². The van der Waals surface area contributed by atoms with E-state index in [0.717, 1.165) is 13.0 Å². The Morgan fingerprint density at radius 2 is 1.23 bits per heavy atom. The Bertz CT molecular complexity index is 337. The lowest BCUT2D eigenvalue weighted by Crippen LogP contribution is -2.33. The maximum Gasteiger partial charge on any atom is 0.259 e. The number of nitriles is 1. The Morgan fingerprint density at radius 3 is 1.69 bits per heavy atom. The second-order valence-electron chi connectivity index (χ2n) is 7.56. The second kappa shape index (κ2) is 18.2. The summed E-state index contributed by atoms with van der Waals surface area (Å²) in [7, 11) is -1.07. The highest BCUT2D eigenvalue weighted by Crippen LogP contribution is 2.46. The van der Waals surface area contributed by atoms with Gasteiger partial charge in [0.25, 0.3) is 8.53 Å². The summed E-state index contributed by atoms with van der Waals surface area (Å²) >= 11 is 0. The van der Waals surface area contributed by atoms with Crippen molar-refractivity contribution >= 4 is 8.53 Å². The lowest BCUT2D eigenvalue weighted by atomic mass is 10.1. The van der Waals surface area contributed by atoms with Crippen LogP contribution in [0.15, 0.2) is 0 Å². The van der Waals surface area contributed by atoms with Gasteiger partial charge in [-0.1, -0.05) is 64.7 Å². The fourth-order valence-corrected chi connectivity index (χ4v) is 4.67. The van der Waals surface area contributed by atoms with Crippen LogP contribution in [-0.4, -0.2) is 30.0 Å². The minimum absolute atomic E-state index is 0.371. The molecule has 0 amide bonds. The van der Waals surface area contributed by atoms with Gasteiger partial charge in [-0.05, 0) is 34.1 Å². The van der Waals surface area contributed by atoms with E-state index < -0.39 is 8.53 Å². The molecule has 154 valence electrons. The van der Waals surface area contributed by atoms with E-state index in [1.807, 2.05) is 0 Å². The monoisotopic (exact) mass is 386 g/mol. The number of unbranched alkanes of at least 4 members (excludes halogenated alkanes) is 9. The lowest BCUT2D eigenvalue weighted by Gasteiger charge is -2.35. The average Bonchev–Trinajstić information content (AvgIpc) is 2.58. The molecule has 0 N–H and O–H groups in total. The molecule has 0 aliphatic rings. The van der Waals surface area contributed by atoms with Gasteiger partial charge < -0.3 is 9.05 Å². The molecule has 0 spiro atoms. The molecule has 0 aromatic heterocycles. The van der Waals surface area contributed by atoms with Crippen LogP contribution in [0.4, 0.5) is 0 Å². The molecule has 0 aromatic rings. The Kier molecular flexibility index (Phi) is 18.0. The van der Waals surface area contributed by atoms with Gasteiger partial charge in [0.15, 0.2) is 0 Å². The molecule has 0 fully saturated rings. The minimum Gasteiger partial charge on any atom is -0.322 e. The van der Waals surface area contributed by atoms with Gasteiger partial charge in [-0.15, -0.1) is 0 Å². The largest absolute Gasteiger partial charge is 0.322 e. The first-order valence-corrected chi connectivity index (χ1v) is 11.9. The van der Waals surface area contributed by atoms with Gasteiger partial charge >= 0.3 is 0 Å². The van der Waals surface area contributed by atoms with Gasteiger partial charge in [0.05, 0.1) is 25.7 Å². The SMILES string of the molecule is CCCCCCCCCCCCOP(OCCC#N)N(C(C)C)C(C)C. The summed E-state index contributed by atoms with van der Waals surface area (Å²) in [5.74, 6) is 0. The van der Waals surface area contributed by atoms with Gasteiger partial charge in [-0.2, -0.15) is 5.26 Å². The Morgan fingerprint density at radius 1 is 0.769 bits per heavy atom. The fourth-order valence-electron chi connectivity index (χ4n) is 3.05. The van der Waals surface area contributed by atoms with Gasteiger partial charge in [0, 0.05) is 12.1 Å². The third kappa shape index (κ3) is 13.9. The van der Waals surface area contributed by atoms with E-state index in [1.54, 1.807) is 0 Å². The van der Waals surface area contributed by atoms with E-state index in [9.17, 15) is 0 Å². The lowest BCUT2D eigenvalue weighted by molar-refractivity contribution is 0.174. The second-order valence-corrected chi connectivity index (χ2v) is 9.02. The topological polar surface area (TPSA) is 45.5 Å². The zero-order chi connectivity index (χ0) is 19.6. The molecular formula is C21H43N2O2P. The molecular weight excluding hydrogens is 343 g/mol. The Hall–Kier alpha value is -0.200. The van der Waals surface area contributed by atoms with Crippen molar-refractivity contribution in [3.05, 3.63) is 0 Å². The van der Waals surface area contributed by atoms with Crippen LogP contribution in [0.2, 0.25) is 0 Å². The highest BCUT2D eigenvalue weighted by atomic mass is 31.2. The van der Waals surface area contributed by atoms with Crippen LogP contribution < -0.4 is 0 Å². The number of hydrogen-bond acceptors (Lipinski definition) is 4. The van der Waals surface area contributed by atoms with Crippen molar-refractivity contribution in [3.8, 4) is 6.07 Å². The molecule has 1 atom stereocenters. The molecule has 0 radical (unpaired) electrons. The smallest absolute Gasteiger partial charge is 0.259 e. The quantitative estimate of drug-likeness (QED) is 0.184. The number of nitrogens with zero attached hydrogens (tertiary/aromatic N) is 2. The molecule has 0 aliphatic carbocycles. The first kappa shape index (κ1) is 25.8. The first-order valence-electron chi connectivity index (χ1n) is 10.8. The Balaban J connectivity index is 3.93. The third-order valence-corrected chi connectivity index (χ3v) is 6.47. The van der Waals surface area contributed by atoms with E-state index >= 15 is 0 Å². The zero-order valence-electron chi connectivity index (χ0n) is 18.0. The van der Waals surface area contributed by atoms with Crippen molar-refractivity contribution < 1.29 is 9.05 Å².